The number of ether oxygens (including phenoxy) is 1. The Hall–Kier alpha value is -1.81. The molecule has 0 N–H and O–H groups in total. The van der Waals surface area contributed by atoms with Gasteiger partial charge in [0.05, 0.1) is 33.2 Å². The fraction of sp³-hybridized carbons (Fsp3) is 0.318. The van der Waals surface area contributed by atoms with Gasteiger partial charge < -0.3 is 4.74 Å². The first-order valence-corrected chi connectivity index (χ1v) is 12.2. The van der Waals surface area contributed by atoms with E-state index in [2.05, 4.69) is 9.88 Å². The molecule has 1 aliphatic heterocycles. The lowest BCUT2D eigenvalue weighted by Crippen LogP contribution is -2.39. The number of carbonyl (C=O) groups excluding carboxylic acids is 1. The monoisotopic (exact) mass is 508 g/mol. The van der Waals surface area contributed by atoms with Crippen molar-refractivity contribution >= 4 is 78.2 Å². The molecule has 0 bridgehead atoms. The molecule has 2 aromatic carbocycles. The molecular formula is C22H22Cl2N4O2S2. The van der Waals surface area contributed by atoms with E-state index in [1.807, 2.05) is 42.5 Å². The summed E-state index contributed by atoms with van der Waals surface area (Å²) in [5.41, 5.74) is 1.58. The van der Waals surface area contributed by atoms with Crippen LogP contribution in [0.3, 0.4) is 0 Å². The van der Waals surface area contributed by atoms with Gasteiger partial charge in [-0.3, -0.25) is 14.6 Å². The van der Waals surface area contributed by atoms with Crippen LogP contribution in [0.5, 0.6) is 0 Å². The maximum atomic E-state index is 13.5. The van der Waals surface area contributed by atoms with Crippen LogP contribution in [0.4, 0.5) is 5.13 Å². The van der Waals surface area contributed by atoms with Crippen LogP contribution in [-0.2, 0) is 4.74 Å². The Morgan fingerprint density at radius 2 is 1.84 bits per heavy atom. The molecule has 6 nitrogen and oxygen atoms in total. The molecule has 32 heavy (non-hydrogen) atoms. The molecule has 0 atom stereocenters. The largest absolute Gasteiger partial charge is 0.379 e. The first-order valence-electron chi connectivity index (χ1n) is 10.2. The summed E-state index contributed by atoms with van der Waals surface area (Å²) in [7, 11) is 0. The van der Waals surface area contributed by atoms with Crippen molar-refractivity contribution in [3.05, 3.63) is 52.5 Å². The van der Waals surface area contributed by atoms with Crippen molar-refractivity contribution < 1.29 is 9.53 Å². The molecule has 1 saturated heterocycles. The molecule has 0 saturated carbocycles. The zero-order chi connectivity index (χ0) is 21.2. The van der Waals surface area contributed by atoms with Gasteiger partial charge in [-0.25, -0.2) is 9.97 Å². The fourth-order valence-electron chi connectivity index (χ4n) is 3.66. The molecule has 2 aromatic heterocycles. The van der Waals surface area contributed by atoms with Gasteiger partial charge in [-0.05, 0) is 30.7 Å². The third-order valence-corrected chi connectivity index (χ3v) is 7.64. The smallest absolute Gasteiger partial charge is 0.289 e. The standard InChI is InChI=1S/C22H21ClN4O2S2.ClH/c23-15-5-3-8-18-19(15)25-22(31-18)27(10-4-9-26-11-13-29-14-12-26)21(28)20-24-16-6-1-2-7-17(16)30-20;/h1-3,5-8H,4,9-14H2;1H. The lowest BCUT2D eigenvalue weighted by atomic mass is 10.3. The molecule has 0 unspecified atom stereocenters. The molecule has 0 aliphatic carbocycles. The third kappa shape index (κ3) is 4.90. The highest BCUT2D eigenvalue weighted by Gasteiger charge is 2.25. The summed E-state index contributed by atoms with van der Waals surface area (Å²) in [6, 6.07) is 13.5. The van der Waals surface area contributed by atoms with Crippen molar-refractivity contribution in [2.24, 2.45) is 0 Å². The number of benzene rings is 2. The zero-order valence-corrected chi connectivity index (χ0v) is 20.4. The molecule has 1 amide bonds. The van der Waals surface area contributed by atoms with Gasteiger partial charge in [0.25, 0.3) is 5.91 Å². The highest BCUT2D eigenvalue weighted by molar-refractivity contribution is 7.23. The summed E-state index contributed by atoms with van der Waals surface area (Å²) in [5.74, 6) is -0.113. The van der Waals surface area contributed by atoms with E-state index >= 15 is 0 Å². The molecule has 168 valence electrons. The molecule has 1 fully saturated rings. The first-order chi connectivity index (χ1) is 15.2. The van der Waals surface area contributed by atoms with E-state index in [1.165, 1.54) is 22.7 Å². The number of rotatable bonds is 6. The summed E-state index contributed by atoms with van der Waals surface area (Å²) >= 11 is 9.25. The number of para-hydroxylation sites is 2. The molecular weight excluding hydrogens is 487 g/mol. The van der Waals surface area contributed by atoms with Crippen LogP contribution in [0, 0.1) is 0 Å². The summed E-state index contributed by atoms with van der Waals surface area (Å²) in [6.45, 7) is 4.89. The number of morpholine rings is 1. The number of thiazole rings is 2. The highest BCUT2D eigenvalue weighted by Crippen LogP contribution is 2.34. The molecule has 1 aliphatic rings. The SMILES string of the molecule is Cl.O=C(c1nc2ccccc2s1)N(CCCN1CCOCC1)c1nc2c(Cl)cccc2s1. The van der Waals surface area contributed by atoms with Crippen LogP contribution in [0.2, 0.25) is 5.02 Å². The highest BCUT2D eigenvalue weighted by atomic mass is 35.5. The summed E-state index contributed by atoms with van der Waals surface area (Å²) in [4.78, 5) is 27.0. The number of hydrogen-bond donors (Lipinski definition) is 0. The number of anilines is 1. The minimum atomic E-state index is -0.113. The average molecular weight is 509 g/mol. The van der Waals surface area contributed by atoms with Crippen LogP contribution in [0.15, 0.2) is 42.5 Å². The van der Waals surface area contributed by atoms with Gasteiger partial charge in [0.2, 0.25) is 0 Å². The maximum absolute atomic E-state index is 13.5. The van der Waals surface area contributed by atoms with Crippen molar-refractivity contribution in [2.75, 3.05) is 44.3 Å². The number of aromatic nitrogens is 2. The second kappa shape index (κ2) is 10.4. The van der Waals surface area contributed by atoms with Gasteiger partial charge in [0.1, 0.15) is 5.52 Å². The first kappa shape index (κ1) is 23.4. The number of halogens is 2. The fourth-order valence-corrected chi connectivity index (χ4v) is 5.86. The zero-order valence-electron chi connectivity index (χ0n) is 17.2. The topological polar surface area (TPSA) is 58.6 Å². The number of amides is 1. The maximum Gasteiger partial charge on any atom is 0.289 e. The molecule has 0 spiro atoms. The predicted molar refractivity (Wildman–Crippen MR) is 135 cm³/mol. The Bertz CT molecular complexity index is 1190. The lowest BCUT2D eigenvalue weighted by molar-refractivity contribution is 0.0376. The van der Waals surface area contributed by atoms with Gasteiger partial charge in [0.15, 0.2) is 10.1 Å². The van der Waals surface area contributed by atoms with Crippen molar-refractivity contribution in [3.63, 3.8) is 0 Å². The second-order valence-corrected chi connectivity index (χ2v) is 9.78. The van der Waals surface area contributed by atoms with Gasteiger partial charge in [-0.2, -0.15) is 0 Å². The van der Waals surface area contributed by atoms with Gasteiger partial charge >= 0.3 is 0 Å². The van der Waals surface area contributed by atoms with Crippen LogP contribution < -0.4 is 4.90 Å². The number of hydrogen-bond acceptors (Lipinski definition) is 7. The molecule has 4 aromatic rings. The van der Waals surface area contributed by atoms with Crippen molar-refractivity contribution in [3.8, 4) is 0 Å². The Balaban J connectivity index is 0.00000245. The lowest BCUT2D eigenvalue weighted by Gasteiger charge is -2.27. The van der Waals surface area contributed by atoms with E-state index in [4.69, 9.17) is 21.3 Å². The molecule has 5 rings (SSSR count). The van der Waals surface area contributed by atoms with Crippen LogP contribution in [-0.4, -0.2) is 60.2 Å². The number of fused-ring (bicyclic) bond motifs is 2. The van der Waals surface area contributed by atoms with E-state index in [-0.39, 0.29) is 18.3 Å². The summed E-state index contributed by atoms with van der Waals surface area (Å²) in [5, 5.41) is 1.74. The normalized spacial score (nSPS) is 14.5. The molecule has 0 radical (unpaired) electrons. The van der Waals surface area contributed by atoms with Gasteiger partial charge in [0, 0.05) is 26.2 Å². The minimum absolute atomic E-state index is 0. The van der Waals surface area contributed by atoms with Crippen molar-refractivity contribution in [2.45, 2.75) is 6.42 Å². The second-order valence-electron chi connectivity index (χ2n) is 7.33. The summed E-state index contributed by atoms with van der Waals surface area (Å²) in [6.07, 6.45) is 0.848. The Labute approximate surface area is 205 Å². The number of nitrogens with zero attached hydrogens (tertiary/aromatic N) is 4. The van der Waals surface area contributed by atoms with Crippen LogP contribution in [0.25, 0.3) is 20.4 Å². The van der Waals surface area contributed by atoms with Crippen LogP contribution in [0.1, 0.15) is 16.2 Å². The minimum Gasteiger partial charge on any atom is -0.379 e. The summed E-state index contributed by atoms with van der Waals surface area (Å²) < 4.78 is 7.41. The van der Waals surface area contributed by atoms with Crippen molar-refractivity contribution in [1.29, 1.82) is 0 Å². The van der Waals surface area contributed by atoms with E-state index in [0.29, 0.717) is 21.7 Å². The molecule has 10 heteroatoms. The Kier molecular flexibility index (Phi) is 7.60. The van der Waals surface area contributed by atoms with Gasteiger partial charge in [-0.15, -0.1) is 23.7 Å². The van der Waals surface area contributed by atoms with Crippen molar-refractivity contribution in [1.82, 2.24) is 14.9 Å². The van der Waals surface area contributed by atoms with E-state index in [0.717, 1.165) is 59.7 Å². The average Bonchev–Trinajstić information content (AvgIpc) is 3.42. The predicted octanol–water partition coefficient (Wildman–Crippen LogP) is 5.35. The Morgan fingerprint density at radius 3 is 2.62 bits per heavy atom. The van der Waals surface area contributed by atoms with E-state index < -0.39 is 0 Å². The quantitative estimate of drug-likeness (QED) is 0.351. The number of carbonyl (C=O) groups is 1. The van der Waals surface area contributed by atoms with E-state index in [1.54, 1.807) is 4.90 Å². The van der Waals surface area contributed by atoms with E-state index in [9.17, 15) is 4.79 Å². The van der Waals surface area contributed by atoms with Crippen LogP contribution >= 0.6 is 46.7 Å². The molecule has 3 heterocycles. The Morgan fingerprint density at radius 1 is 1.06 bits per heavy atom. The third-order valence-electron chi connectivity index (χ3n) is 5.27. The van der Waals surface area contributed by atoms with Gasteiger partial charge in [-0.1, -0.05) is 41.1 Å².